The summed E-state index contributed by atoms with van der Waals surface area (Å²) in [6, 6.07) is 7.15. The van der Waals surface area contributed by atoms with E-state index >= 15 is 0 Å². The summed E-state index contributed by atoms with van der Waals surface area (Å²) in [6.07, 6.45) is -13.1. The predicted octanol–water partition coefficient (Wildman–Crippen LogP) is 6.23. The molecule has 3 aromatic rings. The molecule has 1 fully saturated rings. The monoisotopic (exact) mass is 646 g/mol. The van der Waals surface area contributed by atoms with Crippen molar-refractivity contribution in [3.05, 3.63) is 69.8 Å². The SMILES string of the molecule is COc1cccc([C@H]2O[C@H](CC(=O)N3CCC(CC(=O)O)CC3)c3nnc(C(F)(F)F)n3-c3ccc(Cl)cc32)c1C(F)(F)F. The van der Waals surface area contributed by atoms with Gasteiger partial charge in [0.2, 0.25) is 11.7 Å². The van der Waals surface area contributed by atoms with Crippen LogP contribution in [0, 0.1) is 5.92 Å². The summed E-state index contributed by atoms with van der Waals surface area (Å²) in [7, 11) is 1.05. The lowest BCUT2D eigenvalue weighted by atomic mass is 9.93. The van der Waals surface area contributed by atoms with E-state index in [2.05, 4.69) is 10.2 Å². The lowest BCUT2D eigenvalue weighted by Crippen LogP contribution is -2.39. The molecule has 0 unspecified atom stereocenters. The molecule has 0 saturated carbocycles. The molecular formula is C28H25ClF6N4O5. The molecule has 5 rings (SSSR count). The highest BCUT2D eigenvalue weighted by Gasteiger charge is 2.46. The standard InChI is InChI=1S/C28H25ClF6N4O5/c1-43-19-4-2-3-16(23(19)27(30,31)32)24-17-12-15(29)5-6-18(17)39-25(36-37-26(39)28(33,34)35)20(44-24)13-21(40)38-9-7-14(8-10-38)11-22(41)42/h2-6,12,14,20,24H,7-11,13H2,1H3,(H,41,42)/t20-,24-/m1/s1. The molecule has 0 aliphatic carbocycles. The minimum absolute atomic E-state index is 0.00995. The molecule has 0 radical (unpaired) electrons. The number of amides is 1. The first kappa shape index (κ1) is 31.6. The van der Waals surface area contributed by atoms with Gasteiger partial charge in [0.05, 0.1) is 19.2 Å². The Balaban J connectivity index is 1.63. The Hall–Kier alpha value is -3.85. The van der Waals surface area contributed by atoms with Crippen molar-refractivity contribution in [3.63, 3.8) is 0 Å². The topological polar surface area (TPSA) is 107 Å². The maximum Gasteiger partial charge on any atom is 0.452 e. The van der Waals surface area contributed by atoms with Crippen molar-refractivity contribution in [2.24, 2.45) is 5.92 Å². The number of methoxy groups -OCH3 is 1. The van der Waals surface area contributed by atoms with Gasteiger partial charge in [-0.2, -0.15) is 26.3 Å². The molecule has 1 saturated heterocycles. The number of fused-ring (bicyclic) bond motifs is 3. The van der Waals surface area contributed by atoms with Crippen molar-refractivity contribution in [1.82, 2.24) is 19.7 Å². The van der Waals surface area contributed by atoms with E-state index in [1.807, 2.05) is 0 Å². The molecular weight excluding hydrogens is 622 g/mol. The second kappa shape index (κ2) is 11.9. The van der Waals surface area contributed by atoms with Crippen LogP contribution in [0.2, 0.25) is 5.02 Å². The molecule has 236 valence electrons. The highest BCUT2D eigenvalue weighted by molar-refractivity contribution is 6.30. The molecule has 2 aliphatic heterocycles. The number of aromatic nitrogens is 3. The van der Waals surface area contributed by atoms with Crippen LogP contribution in [0.3, 0.4) is 0 Å². The van der Waals surface area contributed by atoms with Crippen molar-refractivity contribution in [2.75, 3.05) is 20.2 Å². The third kappa shape index (κ3) is 6.20. The number of hydrogen-bond donors (Lipinski definition) is 1. The predicted molar refractivity (Wildman–Crippen MR) is 141 cm³/mol. The fraction of sp³-hybridized carbons (Fsp3) is 0.429. The first-order chi connectivity index (χ1) is 20.7. The van der Waals surface area contributed by atoms with E-state index in [1.165, 1.54) is 29.2 Å². The van der Waals surface area contributed by atoms with E-state index in [-0.39, 0.29) is 41.7 Å². The molecule has 0 bridgehead atoms. The summed E-state index contributed by atoms with van der Waals surface area (Å²) in [5, 5.41) is 16.1. The number of ether oxygens (including phenoxy) is 2. The van der Waals surface area contributed by atoms with E-state index in [0.29, 0.717) is 17.4 Å². The number of nitrogens with zero attached hydrogens (tertiary/aromatic N) is 4. The first-order valence-corrected chi connectivity index (χ1v) is 13.8. The normalized spacial score (nSPS) is 19.2. The van der Waals surface area contributed by atoms with Gasteiger partial charge in [0.25, 0.3) is 0 Å². The smallest absolute Gasteiger partial charge is 0.452 e. The van der Waals surface area contributed by atoms with Gasteiger partial charge in [0.15, 0.2) is 5.82 Å². The Bertz CT molecular complexity index is 1570. The maximum atomic E-state index is 14.5. The van der Waals surface area contributed by atoms with Crippen molar-refractivity contribution >= 4 is 23.5 Å². The summed E-state index contributed by atoms with van der Waals surface area (Å²) in [4.78, 5) is 25.9. The summed E-state index contributed by atoms with van der Waals surface area (Å²) < 4.78 is 97.7. The summed E-state index contributed by atoms with van der Waals surface area (Å²) >= 11 is 6.20. The summed E-state index contributed by atoms with van der Waals surface area (Å²) in [5.41, 5.74) is -2.06. The van der Waals surface area contributed by atoms with Crippen LogP contribution in [0.5, 0.6) is 5.75 Å². The zero-order chi connectivity index (χ0) is 32.0. The third-order valence-corrected chi connectivity index (χ3v) is 7.91. The fourth-order valence-corrected chi connectivity index (χ4v) is 5.89. The second-order valence-electron chi connectivity index (χ2n) is 10.5. The number of alkyl halides is 6. The number of benzene rings is 2. The van der Waals surface area contributed by atoms with Crippen LogP contribution < -0.4 is 4.74 Å². The molecule has 0 spiro atoms. The van der Waals surface area contributed by atoms with Crippen LogP contribution in [0.4, 0.5) is 26.3 Å². The van der Waals surface area contributed by atoms with Crippen molar-refractivity contribution in [1.29, 1.82) is 0 Å². The largest absolute Gasteiger partial charge is 0.496 e. The Morgan fingerprint density at radius 2 is 1.73 bits per heavy atom. The Morgan fingerprint density at radius 3 is 2.34 bits per heavy atom. The molecule has 9 nitrogen and oxygen atoms in total. The third-order valence-electron chi connectivity index (χ3n) is 7.68. The number of halogens is 7. The number of hydrogen-bond acceptors (Lipinski definition) is 6. The fourth-order valence-electron chi connectivity index (χ4n) is 5.70. The van der Waals surface area contributed by atoms with E-state index in [0.717, 1.165) is 19.2 Å². The minimum Gasteiger partial charge on any atom is -0.496 e. The zero-order valence-electron chi connectivity index (χ0n) is 23.0. The van der Waals surface area contributed by atoms with Gasteiger partial charge in [0.1, 0.15) is 23.5 Å². The zero-order valence-corrected chi connectivity index (χ0v) is 23.7. The molecule has 2 aliphatic rings. The molecule has 44 heavy (non-hydrogen) atoms. The Morgan fingerprint density at radius 1 is 1.02 bits per heavy atom. The first-order valence-electron chi connectivity index (χ1n) is 13.4. The number of carboxylic acids is 1. The van der Waals surface area contributed by atoms with Crippen molar-refractivity contribution in [3.8, 4) is 11.4 Å². The summed E-state index contributed by atoms with van der Waals surface area (Å²) in [5.74, 6) is -4.12. The van der Waals surface area contributed by atoms with Gasteiger partial charge in [-0.25, -0.2) is 0 Å². The molecule has 3 heterocycles. The van der Waals surface area contributed by atoms with Crippen LogP contribution in [-0.4, -0.2) is 56.8 Å². The van der Waals surface area contributed by atoms with Gasteiger partial charge in [-0.15, -0.1) is 10.2 Å². The van der Waals surface area contributed by atoms with Gasteiger partial charge in [-0.3, -0.25) is 14.2 Å². The molecule has 1 aromatic heterocycles. The molecule has 2 atom stereocenters. The van der Waals surface area contributed by atoms with Gasteiger partial charge >= 0.3 is 18.3 Å². The van der Waals surface area contributed by atoms with Gasteiger partial charge in [-0.05, 0) is 43.0 Å². The number of rotatable bonds is 6. The van der Waals surface area contributed by atoms with Gasteiger partial charge in [0, 0.05) is 35.7 Å². The number of aliphatic carboxylic acids is 1. The van der Waals surface area contributed by atoms with Crippen molar-refractivity contribution in [2.45, 2.75) is 50.2 Å². The second-order valence-corrected chi connectivity index (χ2v) is 10.9. The number of carbonyl (C=O) groups is 2. The average Bonchev–Trinajstić information content (AvgIpc) is 3.35. The van der Waals surface area contributed by atoms with Crippen LogP contribution in [0.1, 0.15) is 66.2 Å². The summed E-state index contributed by atoms with van der Waals surface area (Å²) in [6.45, 7) is 0.384. The van der Waals surface area contributed by atoms with E-state index in [9.17, 15) is 35.9 Å². The van der Waals surface area contributed by atoms with E-state index in [4.69, 9.17) is 26.2 Å². The molecule has 2 aromatic carbocycles. The van der Waals surface area contributed by atoms with Crippen LogP contribution in [-0.2, 0) is 26.7 Å². The van der Waals surface area contributed by atoms with Crippen LogP contribution in [0.25, 0.3) is 5.69 Å². The highest BCUT2D eigenvalue weighted by Crippen LogP contribution is 2.48. The minimum atomic E-state index is -5.03. The Kier molecular flexibility index (Phi) is 8.55. The van der Waals surface area contributed by atoms with Crippen LogP contribution >= 0.6 is 11.6 Å². The molecule has 1 amide bonds. The van der Waals surface area contributed by atoms with E-state index in [1.54, 1.807) is 0 Å². The lowest BCUT2D eigenvalue weighted by molar-refractivity contribution is -0.146. The van der Waals surface area contributed by atoms with Crippen molar-refractivity contribution < 1.29 is 50.5 Å². The average molecular weight is 647 g/mol. The molecule has 1 N–H and O–H groups in total. The Labute approximate surface area is 251 Å². The van der Waals surface area contributed by atoms with Gasteiger partial charge < -0.3 is 19.5 Å². The maximum absolute atomic E-state index is 14.5. The van der Waals surface area contributed by atoms with Crippen LogP contribution in [0.15, 0.2) is 36.4 Å². The number of carboxylic acid groups (broad SMARTS) is 1. The number of carbonyl (C=O) groups excluding carboxylic acids is 1. The molecule has 16 heteroatoms. The number of piperidine rings is 1. The van der Waals surface area contributed by atoms with Gasteiger partial charge in [-0.1, -0.05) is 23.7 Å². The number of likely N-dealkylation sites (tertiary alicyclic amines) is 1. The quantitative estimate of drug-likeness (QED) is 0.317. The lowest BCUT2D eigenvalue weighted by Gasteiger charge is -2.32. The van der Waals surface area contributed by atoms with E-state index < -0.39 is 71.4 Å². The highest BCUT2D eigenvalue weighted by atomic mass is 35.5.